The van der Waals surface area contributed by atoms with Crippen molar-refractivity contribution >= 4 is 12.4 Å². The maximum atomic E-state index is 12.8. The maximum Gasteiger partial charge on any atom is 0.416 e. The first-order chi connectivity index (χ1) is 11.5. The van der Waals surface area contributed by atoms with E-state index in [1.165, 1.54) is 6.07 Å². The predicted octanol–water partition coefficient (Wildman–Crippen LogP) is 5.07. The SMILES string of the molecule is Cl.FC(F)(F)c1cccc(-c2ccc(CNCc3cccnc3)o2)c1. The van der Waals surface area contributed by atoms with Crippen LogP contribution in [-0.2, 0) is 19.3 Å². The highest BCUT2D eigenvalue weighted by molar-refractivity contribution is 5.85. The number of nitrogens with zero attached hydrogens (tertiary/aromatic N) is 1. The first-order valence-corrected chi connectivity index (χ1v) is 7.38. The maximum absolute atomic E-state index is 12.8. The fourth-order valence-electron chi connectivity index (χ4n) is 2.31. The van der Waals surface area contributed by atoms with Gasteiger partial charge in [-0.3, -0.25) is 4.98 Å². The zero-order valence-corrected chi connectivity index (χ0v) is 13.9. The summed E-state index contributed by atoms with van der Waals surface area (Å²) in [5.41, 5.74) is 0.762. The van der Waals surface area contributed by atoms with Crippen molar-refractivity contribution in [1.82, 2.24) is 10.3 Å². The number of benzene rings is 1. The van der Waals surface area contributed by atoms with E-state index in [4.69, 9.17) is 4.42 Å². The Morgan fingerprint density at radius 3 is 2.56 bits per heavy atom. The van der Waals surface area contributed by atoms with Gasteiger partial charge in [0.25, 0.3) is 0 Å². The minimum atomic E-state index is -4.36. The molecule has 2 aromatic heterocycles. The summed E-state index contributed by atoms with van der Waals surface area (Å²) in [6.07, 6.45) is -0.892. The number of halogens is 4. The second-order valence-electron chi connectivity index (χ2n) is 5.31. The Bertz CT molecular complexity index is 803. The number of aromatic nitrogens is 1. The highest BCUT2D eigenvalue weighted by atomic mass is 35.5. The Balaban J connectivity index is 0.00000225. The van der Waals surface area contributed by atoms with Crippen LogP contribution < -0.4 is 5.32 Å². The lowest BCUT2D eigenvalue weighted by molar-refractivity contribution is -0.137. The molecule has 1 N–H and O–H groups in total. The Labute approximate surface area is 149 Å². The second kappa shape index (κ2) is 8.18. The van der Waals surface area contributed by atoms with Crippen molar-refractivity contribution in [3.63, 3.8) is 0 Å². The molecule has 0 aliphatic heterocycles. The smallest absolute Gasteiger partial charge is 0.416 e. The first-order valence-electron chi connectivity index (χ1n) is 7.38. The molecular weight excluding hydrogens is 353 g/mol. The van der Waals surface area contributed by atoms with E-state index in [0.717, 1.165) is 17.7 Å². The van der Waals surface area contributed by atoms with Gasteiger partial charge in [0.2, 0.25) is 0 Å². The number of pyridine rings is 1. The quantitative estimate of drug-likeness (QED) is 0.683. The van der Waals surface area contributed by atoms with Crippen LogP contribution in [-0.4, -0.2) is 4.98 Å². The van der Waals surface area contributed by atoms with Crippen LogP contribution in [0.3, 0.4) is 0 Å². The molecule has 0 aliphatic rings. The van der Waals surface area contributed by atoms with Gasteiger partial charge in [0.1, 0.15) is 11.5 Å². The third-order valence-corrected chi connectivity index (χ3v) is 3.49. The Morgan fingerprint density at radius 2 is 1.84 bits per heavy atom. The fraction of sp³-hybridized carbons (Fsp3) is 0.167. The van der Waals surface area contributed by atoms with Crippen LogP contribution in [0.15, 0.2) is 65.3 Å². The van der Waals surface area contributed by atoms with Gasteiger partial charge in [-0.15, -0.1) is 12.4 Å². The molecule has 0 saturated heterocycles. The first kappa shape index (κ1) is 19.0. The molecule has 0 radical (unpaired) electrons. The lowest BCUT2D eigenvalue weighted by Crippen LogP contribution is -2.12. The van der Waals surface area contributed by atoms with Gasteiger partial charge in [-0.2, -0.15) is 13.2 Å². The monoisotopic (exact) mass is 368 g/mol. The molecule has 0 aliphatic carbocycles. The van der Waals surface area contributed by atoms with E-state index >= 15 is 0 Å². The molecule has 0 atom stereocenters. The Kier molecular flexibility index (Phi) is 6.22. The molecule has 1 aromatic carbocycles. The van der Waals surface area contributed by atoms with Crippen molar-refractivity contribution < 1.29 is 17.6 Å². The van der Waals surface area contributed by atoms with E-state index in [0.29, 0.717) is 30.2 Å². The van der Waals surface area contributed by atoms with Crippen LogP contribution in [0.5, 0.6) is 0 Å². The lowest BCUT2D eigenvalue weighted by atomic mass is 10.1. The van der Waals surface area contributed by atoms with E-state index in [1.54, 1.807) is 30.6 Å². The molecule has 3 aromatic rings. The second-order valence-corrected chi connectivity index (χ2v) is 5.31. The summed E-state index contributed by atoms with van der Waals surface area (Å²) in [5, 5.41) is 3.20. The van der Waals surface area contributed by atoms with Crippen molar-refractivity contribution in [1.29, 1.82) is 0 Å². The van der Waals surface area contributed by atoms with Gasteiger partial charge in [-0.05, 0) is 35.9 Å². The van der Waals surface area contributed by atoms with E-state index < -0.39 is 11.7 Å². The largest absolute Gasteiger partial charge is 0.460 e. The number of alkyl halides is 3. The zero-order chi connectivity index (χ0) is 17.0. The predicted molar refractivity (Wildman–Crippen MR) is 91.2 cm³/mol. The molecule has 3 nitrogen and oxygen atoms in total. The van der Waals surface area contributed by atoms with Crippen molar-refractivity contribution in [3.05, 3.63) is 77.8 Å². The third-order valence-electron chi connectivity index (χ3n) is 3.49. The van der Waals surface area contributed by atoms with Crippen LogP contribution in [0.25, 0.3) is 11.3 Å². The normalized spacial score (nSPS) is 11.2. The van der Waals surface area contributed by atoms with Crippen molar-refractivity contribution in [2.75, 3.05) is 0 Å². The molecule has 2 heterocycles. The molecule has 3 rings (SSSR count). The molecular formula is C18H16ClF3N2O. The molecule has 7 heteroatoms. The van der Waals surface area contributed by atoms with Gasteiger partial charge < -0.3 is 9.73 Å². The molecule has 25 heavy (non-hydrogen) atoms. The lowest BCUT2D eigenvalue weighted by Gasteiger charge is -2.07. The van der Waals surface area contributed by atoms with Crippen molar-refractivity contribution in [2.24, 2.45) is 0 Å². The van der Waals surface area contributed by atoms with E-state index in [1.807, 2.05) is 12.1 Å². The summed E-state index contributed by atoms with van der Waals surface area (Å²) < 4.78 is 43.9. The van der Waals surface area contributed by atoms with E-state index in [-0.39, 0.29) is 12.4 Å². The van der Waals surface area contributed by atoms with Crippen LogP contribution >= 0.6 is 12.4 Å². The highest BCUT2D eigenvalue weighted by Gasteiger charge is 2.30. The Hall–Kier alpha value is -2.31. The van der Waals surface area contributed by atoms with Gasteiger partial charge in [0.15, 0.2) is 0 Å². The Morgan fingerprint density at radius 1 is 1.00 bits per heavy atom. The number of rotatable bonds is 5. The van der Waals surface area contributed by atoms with Gasteiger partial charge >= 0.3 is 6.18 Å². The van der Waals surface area contributed by atoms with Crippen LogP contribution in [0.1, 0.15) is 16.9 Å². The zero-order valence-electron chi connectivity index (χ0n) is 13.1. The summed E-state index contributed by atoms with van der Waals surface area (Å²) in [6, 6.07) is 12.4. The average molecular weight is 369 g/mol. The number of furan rings is 1. The van der Waals surface area contributed by atoms with Gasteiger partial charge in [-0.25, -0.2) is 0 Å². The molecule has 0 saturated carbocycles. The van der Waals surface area contributed by atoms with Crippen LogP contribution in [0.4, 0.5) is 13.2 Å². The molecule has 0 spiro atoms. The summed E-state index contributed by atoms with van der Waals surface area (Å²) >= 11 is 0. The summed E-state index contributed by atoms with van der Waals surface area (Å²) in [5.74, 6) is 1.07. The standard InChI is InChI=1S/C18H15F3N2O.ClH/c19-18(20,21)15-5-1-4-14(9-15)17-7-6-16(24-17)12-23-11-13-3-2-8-22-10-13;/h1-10,23H,11-12H2;1H. The average Bonchev–Trinajstić information content (AvgIpc) is 3.04. The summed E-state index contributed by atoms with van der Waals surface area (Å²) in [7, 11) is 0. The fourth-order valence-corrected chi connectivity index (χ4v) is 2.31. The number of hydrogen-bond acceptors (Lipinski definition) is 3. The molecule has 0 unspecified atom stereocenters. The van der Waals surface area contributed by atoms with Gasteiger partial charge in [0.05, 0.1) is 12.1 Å². The minimum absolute atomic E-state index is 0. The molecule has 0 bridgehead atoms. The van der Waals surface area contributed by atoms with Gasteiger partial charge in [-0.1, -0.05) is 18.2 Å². The van der Waals surface area contributed by atoms with E-state index in [9.17, 15) is 13.2 Å². The molecule has 0 fully saturated rings. The van der Waals surface area contributed by atoms with Crippen LogP contribution in [0, 0.1) is 0 Å². The highest BCUT2D eigenvalue weighted by Crippen LogP contribution is 2.32. The molecule has 0 amide bonds. The van der Waals surface area contributed by atoms with E-state index in [2.05, 4.69) is 10.3 Å². The summed E-state index contributed by atoms with van der Waals surface area (Å²) in [4.78, 5) is 4.03. The van der Waals surface area contributed by atoms with Crippen molar-refractivity contribution in [2.45, 2.75) is 19.3 Å². The third kappa shape index (κ3) is 5.08. The van der Waals surface area contributed by atoms with Crippen molar-refractivity contribution in [3.8, 4) is 11.3 Å². The topological polar surface area (TPSA) is 38.1 Å². The number of hydrogen-bond donors (Lipinski definition) is 1. The summed E-state index contributed by atoms with van der Waals surface area (Å²) in [6.45, 7) is 1.11. The number of nitrogens with one attached hydrogen (secondary N) is 1. The minimum Gasteiger partial charge on any atom is -0.460 e. The van der Waals surface area contributed by atoms with Crippen LogP contribution in [0.2, 0.25) is 0 Å². The molecule has 132 valence electrons. The van der Waals surface area contributed by atoms with Gasteiger partial charge in [0, 0.05) is 24.5 Å².